The van der Waals surface area contributed by atoms with E-state index in [1.54, 1.807) is 0 Å². The van der Waals surface area contributed by atoms with E-state index < -0.39 is 11.9 Å². The molecule has 2 aromatic rings. The molecule has 0 aliphatic carbocycles. The Morgan fingerprint density at radius 2 is 1.29 bits per heavy atom. The minimum absolute atomic E-state index is 0. The van der Waals surface area contributed by atoms with E-state index in [0.717, 1.165) is 0 Å². The molecule has 1 radical (unpaired) electrons. The molecule has 0 fully saturated rings. The Hall–Kier alpha value is -2.12. The van der Waals surface area contributed by atoms with Gasteiger partial charge in [0.2, 0.25) is 0 Å². The van der Waals surface area contributed by atoms with Gasteiger partial charge in [0.15, 0.2) is 0 Å². The van der Waals surface area contributed by atoms with Crippen molar-refractivity contribution in [3.8, 4) is 0 Å². The Kier molecular flexibility index (Phi) is 6.30. The quantitative estimate of drug-likeness (QED) is 0.584. The maximum atomic E-state index is 9.99. The number of aromatic nitrogens is 4. The van der Waals surface area contributed by atoms with Crippen molar-refractivity contribution in [1.29, 1.82) is 0 Å². The standard InChI is InChI=1S/2C4H4N2O2.Cu/c2*7-4(8)3-1-2-5-6-3;/h2*1-2H,(H,5,6)(H,7,8);. The molecule has 17 heavy (non-hydrogen) atoms. The number of nitrogens with zero attached hydrogens (tertiary/aromatic N) is 2. The number of carbonyl (C=O) groups is 2. The fourth-order valence-electron chi connectivity index (χ4n) is 0.750. The molecule has 4 N–H and O–H groups in total. The largest absolute Gasteiger partial charge is 0.477 e. The number of hydrogen-bond acceptors (Lipinski definition) is 4. The second-order valence-corrected chi connectivity index (χ2v) is 2.55. The van der Waals surface area contributed by atoms with Crippen molar-refractivity contribution in [1.82, 2.24) is 20.4 Å². The van der Waals surface area contributed by atoms with Gasteiger partial charge in [-0.15, -0.1) is 0 Å². The predicted octanol–water partition coefficient (Wildman–Crippen LogP) is 0.213. The molecule has 0 bridgehead atoms. The molecular weight excluding hydrogens is 280 g/mol. The van der Waals surface area contributed by atoms with Gasteiger partial charge >= 0.3 is 11.9 Å². The number of H-pyrrole nitrogens is 2. The van der Waals surface area contributed by atoms with Crippen LogP contribution in [0.2, 0.25) is 0 Å². The van der Waals surface area contributed by atoms with E-state index in [1.165, 1.54) is 24.5 Å². The Morgan fingerprint density at radius 3 is 1.41 bits per heavy atom. The third kappa shape index (κ3) is 4.96. The first-order chi connectivity index (χ1) is 7.61. The molecule has 0 amide bonds. The zero-order chi connectivity index (χ0) is 12.0. The Labute approximate surface area is 106 Å². The smallest absolute Gasteiger partial charge is 0.353 e. The number of carboxylic acid groups (broad SMARTS) is 2. The van der Waals surface area contributed by atoms with E-state index in [2.05, 4.69) is 20.4 Å². The molecule has 0 aliphatic heterocycles. The van der Waals surface area contributed by atoms with Gasteiger partial charge in [-0.05, 0) is 12.1 Å². The van der Waals surface area contributed by atoms with Gasteiger partial charge < -0.3 is 10.2 Å². The van der Waals surface area contributed by atoms with E-state index in [1.807, 2.05) is 0 Å². The zero-order valence-corrected chi connectivity index (χ0v) is 9.16. The maximum Gasteiger partial charge on any atom is 0.353 e. The van der Waals surface area contributed by atoms with Gasteiger partial charge in [-0.3, -0.25) is 10.2 Å². The van der Waals surface area contributed by atoms with Crippen molar-refractivity contribution in [2.75, 3.05) is 0 Å². The van der Waals surface area contributed by atoms with E-state index in [0.29, 0.717) is 0 Å². The molecule has 95 valence electrons. The molecule has 0 saturated carbocycles. The normalized spacial score (nSPS) is 8.47. The van der Waals surface area contributed by atoms with Crippen LogP contribution in [0, 0.1) is 0 Å². The van der Waals surface area contributed by atoms with Crippen molar-refractivity contribution in [3.63, 3.8) is 0 Å². The summed E-state index contributed by atoms with van der Waals surface area (Å²) in [5, 5.41) is 27.9. The predicted molar refractivity (Wildman–Crippen MR) is 51.1 cm³/mol. The average molecular weight is 288 g/mol. The van der Waals surface area contributed by atoms with Crippen molar-refractivity contribution < 1.29 is 36.9 Å². The summed E-state index contributed by atoms with van der Waals surface area (Å²) in [6.45, 7) is 0. The molecule has 9 heteroatoms. The van der Waals surface area contributed by atoms with Crippen LogP contribution in [0.4, 0.5) is 0 Å². The van der Waals surface area contributed by atoms with Gasteiger partial charge in [-0.1, -0.05) is 0 Å². The molecule has 8 nitrogen and oxygen atoms in total. The van der Waals surface area contributed by atoms with Crippen LogP contribution in [-0.4, -0.2) is 42.5 Å². The van der Waals surface area contributed by atoms with Crippen LogP contribution >= 0.6 is 0 Å². The van der Waals surface area contributed by atoms with Gasteiger partial charge in [0.05, 0.1) is 0 Å². The molecule has 2 rings (SSSR count). The van der Waals surface area contributed by atoms with Crippen LogP contribution in [0.1, 0.15) is 21.0 Å². The Morgan fingerprint density at radius 1 is 0.941 bits per heavy atom. The SMILES string of the molecule is O=C(O)c1ccn[nH]1.O=C(O)c1ccn[nH]1.[Cu]. The molecule has 0 unspecified atom stereocenters. The van der Waals surface area contributed by atoms with Gasteiger partial charge in [-0.2, -0.15) is 10.2 Å². The second-order valence-electron chi connectivity index (χ2n) is 2.55. The number of aromatic carboxylic acids is 2. The number of aromatic amines is 2. The zero-order valence-electron chi connectivity index (χ0n) is 8.22. The van der Waals surface area contributed by atoms with Crippen LogP contribution in [0.25, 0.3) is 0 Å². The summed E-state index contributed by atoms with van der Waals surface area (Å²) >= 11 is 0. The molecule has 0 atom stereocenters. The number of hydrogen-bond donors (Lipinski definition) is 4. The molecule has 0 saturated heterocycles. The third-order valence-corrected chi connectivity index (χ3v) is 1.46. The minimum atomic E-state index is -0.984. The van der Waals surface area contributed by atoms with Gasteiger partial charge in [0.25, 0.3) is 0 Å². The van der Waals surface area contributed by atoms with Gasteiger partial charge in [0.1, 0.15) is 11.4 Å². The molecule has 0 aromatic carbocycles. The Bertz CT molecular complexity index is 410. The van der Waals surface area contributed by atoms with Crippen LogP contribution in [-0.2, 0) is 17.1 Å². The van der Waals surface area contributed by atoms with Crippen LogP contribution < -0.4 is 0 Å². The summed E-state index contributed by atoms with van der Waals surface area (Å²) in [4.78, 5) is 20.0. The fraction of sp³-hybridized carbons (Fsp3) is 0. The Balaban J connectivity index is 0.000000284. The van der Waals surface area contributed by atoms with Crippen LogP contribution in [0.3, 0.4) is 0 Å². The first-order valence-electron chi connectivity index (χ1n) is 4.06. The summed E-state index contributed by atoms with van der Waals surface area (Å²) < 4.78 is 0. The maximum absolute atomic E-state index is 9.99. The topological polar surface area (TPSA) is 132 Å². The van der Waals surface area contributed by atoms with Crippen LogP contribution in [0.5, 0.6) is 0 Å². The average Bonchev–Trinajstić information content (AvgIpc) is 2.93. The minimum Gasteiger partial charge on any atom is -0.477 e. The summed E-state index contributed by atoms with van der Waals surface area (Å²) in [6, 6.07) is 2.78. The van der Waals surface area contributed by atoms with Gasteiger partial charge in [-0.25, -0.2) is 9.59 Å². The van der Waals surface area contributed by atoms with Gasteiger partial charge in [0, 0.05) is 29.5 Å². The van der Waals surface area contributed by atoms with Crippen molar-refractivity contribution in [3.05, 3.63) is 35.9 Å². The summed E-state index contributed by atoms with van der Waals surface area (Å²) in [5.74, 6) is -1.97. The molecule has 2 heterocycles. The molecule has 0 aliphatic rings. The van der Waals surface area contributed by atoms with Crippen LogP contribution in [0.15, 0.2) is 24.5 Å². The fourth-order valence-corrected chi connectivity index (χ4v) is 0.750. The van der Waals surface area contributed by atoms with E-state index in [-0.39, 0.29) is 28.5 Å². The van der Waals surface area contributed by atoms with Crippen molar-refractivity contribution >= 4 is 11.9 Å². The summed E-state index contributed by atoms with van der Waals surface area (Å²) in [5.41, 5.74) is 0.231. The molecular formula is C8H8CuN4O4. The first kappa shape index (κ1) is 14.9. The number of rotatable bonds is 2. The van der Waals surface area contributed by atoms with Crippen molar-refractivity contribution in [2.24, 2.45) is 0 Å². The molecule has 0 spiro atoms. The summed E-state index contributed by atoms with van der Waals surface area (Å²) in [6.07, 6.45) is 2.78. The molecule has 2 aromatic heterocycles. The van der Waals surface area contributed by atoms with Crippen molar-refractivity contribution in [2.45, 2.75) is 0 Å². The number of nitrogens with one attached hydrogen (secondary N) is 2. The summed E-state index contributed by atoms with van der Waals surface area (Å²) in [7, 11) is 0. The monoisotopic (exact) mass is 287 g/mol. The van der Waals surface area contributed by atoms with E-state index in [4.69, 9.17) is 10.2 Å². The van der Waals surface area contributed by atoms with E-state index in [9.17, 15) is 9.59 Å². The van der Waals surface area contributed by atoms with E-state index >= 15 is 0 Å². The second kappa shape index (κ2) is 7.20. The third-order valence-electron chi connectivity index (χ3n) is 1.46. The number of carboxylic acids is 2. The first-order valence-corrected chi connectivity index (χ1v) is 4.06.